The lowest BCUT2D eigenvalue weighted by atomic mass is 10.1. The zero-order valence-electron chi connectivity index (χ0n) is 7.69. The van der Waals surface area contributed by atoms with E-state index < -0.39 is 0 Å². The molecule has 1 saturated heterocycles. The predicted molar refractivity (Wildman–Crippen MR) is 60.1 cm³/mol. The smallest absolute Gasteiger partial charge is 0.0640 e. The summed E-state index contributed by atoms with van der Waals surface area (Å²) in [6.07, 6.45) is 0. The molecule has 0 amide bonds. The van der Waals surface area contributed by atoms with Crippen LogP contribution in [0, 0.1) is 0 Å². The maximum Gasteiger partial charge on any atom is 0.0640 e. The molecule has 1 heterocycles. The summed E-state index contributed by atoms with van der Waals surface area (Å²) in [6.45, 7) is 2.88. The van der Waals surface area contributed by atoms with Gasteiger partial charge in [-0.25, -0.2) is 0 Å². The number of rotatable bonds is 1. The number of hydrogen-bond acceptors (Lipinski definition) is 2. The van der Waals surface area contributed by atoms with Crippen molar-refractivity contribution in [2.45, 2.75) is 6.04 Å². The van der Waals surface area contributed by atoms with Gasteiger partial charge in [0.05, 0.1) is 10.0 Å². The van der Waals surface area contributed by atoms with Crippen molar-refractivity contribution < 1.29 is 0 Å². The monoisotopic (exact) mass is 230 g/mol. The van der Waals surface area contributed by atoms with Crippen LogP contribution in [0.4, 0.5) is 0 Å². The summed E-state index contributed by atoms with van der Waals surface area (Å²) in [5.41, 5.74) is 1.08. The van der Waals surface area contributed by atoms with Gasteiger partial charge in [0.25, 0.3) is 0 Å². The highest BCUT2D eigenvalue weighted by molar-refractivity contribution is 6.42. The second-order valence-electron chi connectivity index (χ2n) is 3.35. The molecule has 0 aliphatic carbocycles. The van der Waals surface area contributed by atoms with Gasteiger partial charge in [0, 0.05) is 25.7 Å². The Balaban J connectivity index is 2.26. The minimum absolute atomic E-state index is 0.273. The molecule has 76 valence electrons. The van der Waals surface area contributed by atoms with Crippen LogP contribution in [0.1, 0.15) is 11.6 Å². The third kappa shape index (κ3) is 2.04. The second kappa shape index (κ2) is 4.49. The number of hydrogen-bond donors (Lipinski definition) is 2. The van der Waals surface area contributed by atoms with E-state index in [0.29, 0.717) is 10.0 Å². The molecule has 0 aromatic heterocycles. The number of benzene rings is 1. The molecular formula is C10H12Cl2N2. The van der Waals surface area contributed by atoms with E-state index in [9.17, 15) is 0 Å². The van der Waals surface area contributed by atoms with Crippen LogP contribution in [-0.4, -0.2) is 19.6 Å². The first-order chi connectivity index (χ1) is 6.79. The predicted octanol–water partition coefficient (Wildman–Crippen LogP) is 2.23. The Morgan fingerprint density at radius 2 is 2.07 bits per heavy atom. The Labute approximate surface area is 93.6 Å². The Morgan fingerprint density at radius 3 is 2.79 bits per heavy atom. The first-order valence-corrected chi connectivity index (χ1v) is 5.42. The van der Waals surface area contributed by atoms with E-state index in [1.165, 1.54) is 0 Å². The van der Waals surface area contributed by atoms with Crippen LogP contribution in [0.25, 0.3) is 0 Å². The van der Waals surface area contributed by atoms with Crippen LogP contribution in [0.5, 0.6) is 0 Å². The number of nitrogens with one attached hydrogen (secondary N) is 2. The van der Waals surface area contributed by atoms with Gasteiger partial charge in [0.1, 0.15) is 0 Å². The molecule has 1 aromatic carbocycles. The Morgan fingerprint density at radius 1 is 1.21 bits per heavy atom. The van der Waals surface area contributed by atoms with Crippen molar-refractivity contribution in [3.63, 3.8) is 0 Å². The Bertz CT molecular complexity index is 322. The van der Waals surface area contributed by atoms with E-state index >= 15 is 0 Å². The van der Waals surface area contributed by atoms with Gasteiger partial charge in [-0.1, -0.05) is 35.3 Å². The third-order valence-corrected chi connectivity index (χ3v) is 3.23. The molecule has 1 fully saturated rings. The van der Waals surface area contributed by atoms with Crippen molar-refractivity contribution in [3.8, 4) is 0 Å². The van der Waals surface area contributed by atoms with E-state index in [1.54, 1.807) is 0 Å². The molecule has 1 aromatic rings. The summed E-state index contributed by atoms with van der Waals surface area (Å²) < 4.78 is 0. The van der Waals surface area contributed by atoms with Crippen LogP contribution < -0.4 is 10.6 Å². The highest BCUT2D eigenvalue weighted by Crippen LogP contribution is 2.29. The first-order valence-electron chi connectivity index (χ1n) is 4.67. The summed E-state index contributed by atoms with van der Waals surface area (Å²) in [5, 5.41) is 8.00. The van der Waals surface area contributed by atoms with Gasteiger partial charge in [0.2, 0.25) is 0 Å². The van der Waals surface area contributed by atoms with Crippen molar-refractivity contribution in [1.82, 2.24) is 10.6 Å². The van der Waals surface area contributed by atoms with Gasteiger partial charge in [-0.3, -0.25) is 0 Å². The van der Waals surface area contributed by atoms with Gasteiger partial charge in [-0.15, -0.1) is 0 Å². The van der Waals surface area contributed by atoms with E-state index in [2.05, 4.69) is 10.6 Å². The second-order valence-corrected chi connectivity index (χ2v) is 4.14. The van der Waals surface area contributed by atoms with Crippen LogP contribution in [-0.2, 0) is 0 Å². The summed E-state index contributed by atoms with van der Waals surface area (Å²) in [4.78, 5) is 0. The molecule has 1 aliphatic rings. The Hall–Kier alpha value is -0.280. The lowest BCUT2D eigenvalue weighted by Gasteiger charge is -2.25. The summed E-state index contributed by atoms with van der Waals surface area (Å²) in [5.74, 6) is 0. The van der Waals surface area contributed by atoms with Crippen LogP contribution >= 0.6 is 23.2 Å². The molecule has 2 nitrogen and oxygen atoms in total. The lowest BCUT2D eigenvalue weighted by Crippen LogP contribution is -2.42. The zero-order valence-corrected chi connectivity index (χ0v) is 9.20. The van der Waals surface area contributed by atoms with Crippen LogP contribution in [0.2, 0.25) is 10.0 Å². The van der Waals surface area contributed by atoms with Crippen molar-refractivity contribution in [2.75, 3.05) is 19.6 Å². The highest BCUT2D eigenvalue weighted by atomic mass is 35.5. The molecule has 0 bridgehead atoms. The molecule has 0 spiro atoms. The summed E-state index contributed by atoms with van der Waals surface area (Å²) in [6, 6.07) is 6.03. The Kier molecular flexibility index (Phi) is 3.29. The van der Waals surface area contributed by atoms with Gasteiger partial charge in [-0.2, -0.15) is 0 Å². The fraction of sp³-hybridized carbons (Fsp3) is 0.400. The van der Waals surface area contributed by atoms with E-state index in [0.717, 1.165) is 25.2 Å². The number of halogens is 2. The average molecular weight is 231 g/mol. The van der Waals surface area contributed by atoms with Crippen molar-refractivity contribution in [2.24, 2.45) is 0 Å². The average Bonchev–Trinajstić information content (AvgIpc) is 2.23. The van der Waals surface area contributed by atoms with Crippen LogP contribution in [0.15, 0.2) is 18.2 Å². The molecular weight excluding hydrogens is 219 g/mol. The third-order valence-electron chi connectivity index (χ3n) is 2.40. The normalized spacial score (nSPS) is 22.3. The van der Waals surface area contributed by atoms with Crippen molar-refractivity contribution >= 4 is 23.2 Å². The highest BCUT2D eigenvalue weighted by Gasteiger charge is 2.17. The first kappa shape index (κ1) is 10.2. The van der Waals surface area contributed by atoms with Crippen LogP contribution in [0.3, 0.4) is 0 Å². The fourth-order valence-corrected chi connectivity index (χ4v) is 2.10. The quantitative estimate of drug-likeness (QED) is 0.774. The maximum absolute atomic E-state index is 6.13. The molecule has 4 heteroatoms. The topological polar surface area (TPSA) is 24.1 Å². The molecule has 1 aliphatic heterocycles. The minimum atomic E-state index is 0.273. The van der Waals surface area contributed by atoms with E-state index in [-0.39, 0.29) is 6.04 Å². The summed E-state index contributed by atoms with van der Waals surface area (Å²) in [7, 11) is 0. The van der Waals surface area contributed by atoms with Gasteiger partial charge in [0.15, 0.2) is 0 Å². The lowest BCUT2D eigenvalue weighted by molar-refractivity contribution is 0.430. The zero-order chi connectivity index (χ0) is 9.97. The molecule has 1 atom stereocenters. The molecule has 2 rings (SSSR count). The minimum Gasteiger partial charge on any atom is -0.314 e. The number of piperazine rings is 1. The SMILES string of the molecule is Clc1cccc([C@@H]2CNCCN2)c1Cl. The molecule has 0 unspecified atom stereocenters. The van der Waals surface area contributed by atoms with Gasteiger partial charge in [-0.05, 0) is 11.6 Å². The largest absolute Gasteiger partial charge is 0.314 e. The van der Waals surface area contributed by atoms with E-state index in [1.807, 2.05) is 18.2 Å². The standard InChI is InChI=1S/C10H12Cl2N2/c11-8-3-1-2-7(10(8)12)9-6-13-4-5-14-9/h1-3,9,13-14H,4-6H2/t9-/m0/s1. The molecule has 0 saturated carbocycles. The van der Waals surface area contributed by atoms with Gasteiger partial charge < -0.3 is 10.6 Å². The maximum atomic E-state index is 6.13. The fourth-order valence-electron chi connectivity index (χ4n) is 1.66. The van der Waals surface area contributed by atoms with Gasteiger partial charge >= 0.3 is 0 Å². The van der Waals surface area contributed by atoms with Crippen molar-refractivity contribution in [1.29, 1.82) is 0 Å². The van der Waals surface area contributed by atoms with E-state index in [4.69, 9.17) is 23.2 Å². The summed E-state index contributed by atoms with van der Waals surface area (Å²) >= 11 is 12.1. The van der Waals surface area contributed by atoms with Crippen molar-refractivity contribution in [3.05, 3.63) is 33.8 Å². The molecule has 14 heavy (non-hydrogen) atoms. The molecule has 0 radical (unpaired) electrons. The molecule has 2 N–H and O–H groups in total.